The summed E-state index contributed by atoms with van der Waals surface area (Å²) in [6, 6.07) is 16.3. The number of benzene rings is 3. The molecule has 0 aliphatic heterocycles. The fraction of sp³-hybridized carbons (Fsp3) is 0. The molecule has 0 N–H and O–H groups in total. The maximum absolute atomic E-state index is 6.28. The molecule has 0 nitrogen and oxygen atoms in total. The molecule has 0 saturated carbocycles. The monoisotopic (exact) mass is 270 g/mol. The predicted molar refractivity (Wildman–Crippen MR) is 78.4 cm³/mol. The average molecular weight is 271 g/mol. The van der Waals surface area contributed by atoms with Crippen molar-refractivity contribution in [2.24, 2.45) is 0 Å². The van der Waals surface area contributed by atoms with Crippen LogP contribution in [0.4, 0.5) is 0 Å². The Labute approximate surface area is 115 Å². The van der Waals surface area contributed by atoms with Gasteiger partial charge in [0.15, 0.2) is 0 Å². The van der Waals surface area contributed by atoms with Gasteiger partial charge in [-0.05, 0) is 45.8 Å². The molecular formula is C16H8Cl2. The molecule has 0 heterocycles. The zero-order valence-corrected chi connectivity index (χ0v) is 10.9. The van der Waals surface area contributed by atoms with E-state index in [1.807, 2.05) is 24.3 Å². The summed E-state index contributed by atoms with van der Waals surface area (Å²) < 4.78 is 0. The summed E-state index contributed by atoms with van der Waals surface area (Å²) >= 11 is 12.4. The standard InChI is InChI=1S/C16H8Cl2/c17-9-4-5-10-12-6-7-15(18)13-3-1-2-11(16(12)13)14(10)8-9/h1-8H. The third kappa shape index (κ3) is 1.22. The van der Waals surface area contributed by atoms with Crippen LogP contribution in [0.2, 0.25) is 10.0 Å². The van der Waals surface area contributed by atoms with Gasteiger partial charge in [0, 0.05) is 15.4 Å². The summed E-state index contributed by atoms with van der Waals surface area (Å²) in [4.78, 5) is 0. The summed E-state index contributed by atoms with van der Waals surface area (Å²) in [5, 5.41) is 3.92. The van der Waals surface area contributed by atoms with E-state index in [0.717, 1.165) is 15.4 Å². The molecule has 4 rings (SSSR count). The van der Waals surface area contributed by atoms with Crippen molar-refractivity contribution < 1.29 is 0 Å². The van der Waals surface area contributed by atoms with Gasteiger partial charge >= 0.3 is 0 Å². The minimum atomic E-state index is 0.768. The highest BCUT2D eigenvalue weighted by Gasteiger charge is 2.21. The van der Waals surface area contributed by atoms with Gasteiger partial charge in [0.1, 0.15) is 0 Å². The molecule has 18 heavy (non-hydrogen) atoms. The van der Waals surface area contributed by atoms with Crippen LogP contribution in [0.3, 0.4) is 0 Å². The first-order valence-corrected chi connectivity index (χ1v) is 6.53. The molecule has 0 spiro atoms. The molecule has 0 unspecified atom stereocenters. The molecule has 3 aromatic rings. The van der Waals surface area contributed by atoms with Crippen molar-refractivity contribution >= 4 is 34.0 Å². The van der Waals surface area contributed by atoms with Crippen molar-refractivity contribution in [3.63, 3.8) is 0 Å². The zero-order chi connectivity index (χ0) is 12.3. The van der Waals surface area contributed by atoms with Crippen LogP contribution in [0.25, 0.3) is 33.0 Å². The van der Waals surface area contributed by atoms with E-state index >= 15 is 0 Å². The van der Waals surface area contributed by atoms with E-state index in [1.165, 1.54) is 27.6 Å². The van der Waals surface area contributed by atoms with Crippen molar-refractivity contribution in [1.29, 1.82) is 0 Å². The maximum Gasteiger partial charge on any atom is 0.0485 e. The molecule has 0 bridgehead atoms. The Hall–Kier alpha value is -1.50. The number of rotatable bonds is 0. The molecular weight excluding hydrogens is 263 g/mol. The van der Waals surface area contributed by atoms with Gasteiger partial charge in [-0.25, -0.2) is 0 Å². The second kappa shape index (κ2) is 3.50. The average Bonchev–Trinajstić information content (AvgIpc) is 2.69. The molecule has 1 aliphatic carbocycles. The van der Waals surface area contributed by atoms with Gasteiger partial charge in [-0.3, -0.25) is 0 Å². The van der Waals surface area contributed by atoms with Crippen LogP contribution in [0, 0.1) is 0 Å². The van der Waals surface area contributed by atoms with Crippen LogP contribution in [0.1, 0.15) is 0 Å². The first-order valence-electron chi connectivity index (χ1n) is 5.77. The largest absolute Gasteiger partial charge is 0.0843 e. The van der Waals surface area contributed by atoms with Crippen LogP contribution in [0.15, 0.2) is 48.5 Å². The van der Waals surface area contributed by atoms with Crippen LogP contribution in [-0.2, 0) is 0 Å². The highest BCUT2D eigenvalue weighted by atomic mass is 35.5. The molecule has 1 aliphatic rings. The topological polar surface area (TPSA) is 0 Å². The highest BCUT2D eigenvalue weighted by Crippen LogP contribution is 2.49. The lowest BCUT2D eigenvalue weighted by atomic mass is 10.0. The molecule has 0 fully saturated rings. The van der Waals surface area contributed by atoms with E-state index in [1.54, 1.807) is 0 Å². The van der Waals surface area contributed by atoms with Crippen molar-refractivity contribution in [3.05, 3.63) is 58.6 Å². The van der Waals surface area contributed by atoms with Gasteiger partial charge in [0.2, 0.25) is 0 Å². The van der Waals surface area contributed by atoms with E-state index in [-0.39, 0.29) is 0 Å². The molecule has 0 saturated heterocycles. The van der Waals surface area contributed by atoms with Gasteiger partial charge in [-0.15, -0.1) is 0 Å². The Morgan fingerprint density at radius 3 is 2.33 bits per heavy atom. The summed E-state index contributed by atoms with van der Waals surface area (Å²) in [6.07, 6.45) is 0. The molecule has 0 atom stereocenters. The molecule has 0 aromatic heterocycles. The van der Waals surface area contributed by atoms with Gasteiger partial charge in [-0.2, -0.15) is 0 Å². The van der Waals surface area contributed by atoms with Gasteiger partial charge in [0.25, 0.3) is 0 Å². The van der Waals surface area contributed by atoms with E-state index in [9.17, 15) is 0 Å². The summed E-state index contributed by atoms with van der Waals surface area (Å²) in [5.41, 5.74) is 4.91. The predicted octanol–water partition coefficient (Wildman–Crippen LogP) is 5.79. The third-order valence-corrected chi connectivity index (χ3v) is 4.11. The lowest BCUT2D eigenvalue weighted by molar-refractivity contribution is 1.69. The number of halogens is 2. The normalized spacial score (nSPS) is 11.9. The lowest BCUT2D eigenvalue weighted by Crippen LogP contribution is -1.76. The molecule has 86 valence electrons. The number of hydrogen-bond donors (Lipinski definition) is 0. The molecule has 2 heteroatoms. The Balaban J connectivity index is 2.26. The van der Waals surface area contributed by atoms with E-state index in [2.05, 4.69) is 24.3 Å². The highest BCUT2D eigenvalue weighted by molar-refractivity contribution is 6.37. The Morgan fingerprint density at radius 1 is 0.667 bits per heavy atom. The minimum Gasteiger partial charge on any atom is -0.0843 e. The fourth-order valence-corrected chi connectivity index (χ4v) is 3.19. The lowest BCUT2D eigenvalue weighted by Gasteiger charge is -2.03. The van der Waals surface area contributed by atoms with Gasteiger partial charge in [0.05, 0.1) is 0 Å². The second-order valence-corrected chi connectivity index (χ2v) is 5.36. The smallest absolute Gasteiger partial charge is 0.0485 e. The molecule has 3 aromatic carbocycles. The van der Waals surface area contributed by atoms with Gasteiger partial charge < -0.3 is 0 Å². The Morgan fingerprint density at radius 2 is 1.44 bits per heavy atom. The van der Waals surface area contributed by atoms with Crippen LogP contribution >= 0.6 is 23.2 Å². The van der Waals surface area contributed by atoms with E-state index in [4.69, 9.17) is 23.2 Å². The Kier molecular flexibility index (Phi) is 2.03. The fourth-order valence-electron chi connectivity index (χ4n) is 2.79. The van der Waals surface area contributed by atoms with Crippen molar-refractivity contribution in [3.8, 4) is 22.3 Å². The summed E-state index contributed by atoms with van der Waals surface area (Å²) in [7, 11) is 0. The van der Waals surface area contributed by atoms with Gasteiger partial charge in [-0.1, -0.05) is 53.5 Å². The minimum absolute atomic E-state index is 0.768. The van der Waals surface area contributed by atoms with E-state index in [0.29, 0.717) is 0 Å². The first-order chi connectivity index (χ1) is 8.75. The first kappa shape index (κ1) is 10.4. The maximum atomic E-state index is 6.28. The summed E-state index contributed by atoms with van der Waals surface area (Å²) in [6.45, 7) is 0. The van der Waals surface area contributed by atoms with E-state index < -0.39 is 0 Å². The second-order valence-electron chi connectivity index (χ2n) is 4.51. The third-order valence-electron chi connectivity index (χ3n) is 3.55. The zero-order valence-electron chi connectivity index (χ0n) is 9.37. The summed E-state index contributed by atoms with van der Waals surface area (Å²) in [5.74, 6) is 0. The molecule has 0 radical (unpaired) electrons. The van der Waals surface area contributed by atoms with Crippen LogP contribution in [0.5, 0.6) is 0 Å². The molecule has 0 amide bonds. The van der Waals surface area contributed by atoms with Crippen LogP contribution in [-0.4, -0.2) is 0 Å². The van der Waals surface area contributed by atoms with Crippen molar-refractivity contribution in [2.75, 3.05) is 0 Å². The Bertz CT molecular complexity index is 804. The van der Waals surface area contributed by atoms with Crippen molar-refractivity contribution in [1.82, 2.24) is 0 Å². The van der Waals surface area contributed by atoms with Crippen molar-refractivity contribution in [2.45, 2.75) is 0 Å². The quantitative estimate of drug-likeness (QED) is 0.379. The number of fused-ring (bicyclic) bond motifs is 3. The van der Waals surface area contributed by atoms with Crippen LogP contribution < -0.4 is 0 Å². The SMILES string of the molecule is Clc1ccc2c(c1)-c1cccc3c(Cl)ccc-2c13. The number of hydrogen-bond acceptors (Lipinski definition) is 0.